The van der Waals surface area contributed by atoms with Crippen LogP contribution in [-0.4, -0.2) is 60.5 Å². The molecular weight excluding hydrogens is 1100 g/mol. The molecule has 0 radical (unpaired) electrons. The van der Waals surface area contributed by atoms with Crippen molar-refractivity contribution in [2.45, 2.75) is 296 Å². The van der Waals surface area contributed by atoms with Crippen molar-refractivity contribution in [1.29, 1.82) is 0 Å². The minimum Gasteiger partial charge on any atom is -0.241 e. The van der Waals surface area contributed by atoms with E-state index in [2.05, 4.69) is 167 Å². The molecule has 4 aromatic carbocycles. The Hall–Kier alpha value is -6.82. The summed E-state index contributed by atoms with van der Waals surface area (Å²) in [6.45, 7) is 80.0. The summed E-state index contributed by atoms with van der Waals surface area (Å²) >= 11 is 0. The van der Waals surface area contributed by atoms with Gasteiger partial charge in [-0.1, -0.05) is 357 Å². The number of aryl methyl sites for hydroxylation is 7. The highest BCUT2D eigenvalue weighted by molar-refractivity contribution is 5.85. The Labute approximate surface area is 563 Å². The maximum atomic E-state index is 3.81. The van der Waals surface area contributed by atoms with Gasteiger partial charge in [-0.2, -0.15) is 15.3 Å². The lowest BCUT2D eigenvalue weighted by atomic mass is 10.1. The van der Waals surface area contributed by atoms with Crippen LogP contribution in [0.1, 0.15) is 288 Å². The van der Waals surface area contributed by atoms with Crippen LogP contribution in [0.4, 0.5) is 0 Å². The van der Waals surface area contributed by atoms with Crippen molar-refractivity contribution in [2.24, 2.45) is 5.92 Å². The van der Waals surface area contributed by atoms with Gasteiger partial charge in [-0.3, -0.25) is 0 Å². The second kappa shape index (κ2) is 136. The minimum atomic E-state index is 0.711. The van der Waals surface area contributed by atoms with E-state index in [0.717, 1.165) is 29.6 Å². The van der Waals surface area contributed by atoms with Gasteiger partial charge < -0.3 is 0 Å². The minimum absolute atomic E-state index is 0.711. The van der Waals surface area contributed by atoms with E-state index in [9.17, 15) is 0 Å². The van der Waals surface area contributed by atoms with Gasteiger partial charge in [0, 0.05) is 6.20 Å². The molecule has 1 fully saturated rings. The topological polar surface area (TPSA) is 155 Å². The smallest absolute Gasteiger partial charge is 0.147 e. The third kappa shape index (κ3) is 116. The highest BCUT2D eigenvalue weighted by atomic mass is 15.1. The average molecular weight is 1260 g/mol. The second-order valence-corrected chi connectivity index (χ2v) is 12.8. The largest absolute Gasteiger partial charge is 0.241 e. The van der Waals surface area contributed by atoms with Crippen molar-refractivity contribution in [3.05, 3.63) is 193 Å². The number of aromatic nitrogens is 12. The zero-order valence-corrected chi connectivity index (χ0v) is 67.0. The summed E-state index contributed by atoms with van der Waals surface area (Å²) in [5.41, 5.74) is 5.83. The Balaban J connectivity index is -0.0000000519. The van der Waals surface area contributed by atoms with Crippen LogP contribution in [0.3, 0.4) is 0 Å². The summed E-state index contributed by atoms with van der Waals surface area (Å²) < 4.78 is 0. The quantitative estimate of drug-likeness (QED) is 0.154. The summed E-state index contributed by atoms with van der Waals surface area (Å²) in [5, 5.41) is 24.1. The van der Waals surface area contributed by atoms with E-state index in [0.29, 0.717) is 5.82 Å². The van der Waals surface area contributed by atoms with E-state index < -0.39 is 0 Å². The van der Waals surface area contributed by atoms with Gasteiger partial charge >= 0.3 is 0 Å². The number of nitrogens with zero attached hydrogens (tertiary/aromatic N) is 12. The molecule has 0 spiro atoms. The fourth-order valence-electron chi connectivity index (χ4n) is 4.02. The average Bonchev–Trinajstić information content (AvgIpc) is 2.75. The Morgan fingerprint density at radius 1 is 0.333 bits per heavy atom. The van der Waals surface area contributed by atoms with Crippen molar-refractivity contribution >= 4 is 10.8 Å². The van der Waals surface area contributed by atoms with Gasteiger partial charge in [-0.25, -0.2) is 29.9 Å². The monoisotopic (exact) mass is 1260 g/mol. The Kier molecular flexibility index (Phi) is 182. The lowest BCUT2D eigenvalue weighted by Crippen LogP contribution is -1.85. The fraction of sp³-hybridized carbons (Fsp3) is 0.564. The predicted molar refractivity (Wildman–Crippen MR) is 414 cm³/mol. The SMILES string of the molecule is CC.CC.CC.CC.CC.CC.CC.CC.CC.CC.CC.CC.CC.CC.CC.CC.CC1CC1.CCc1ccccc1.Cc1cccc2ccccc12.Cc1ccccc1.Cc1cncnn1.Cc1cnncn1.Cc1nccnn1.Cc1ncncn1. The molecule has 0 atom stereocenters. The van der Waals surface area contributed by atoms with Gasteiger partial charge in [0.1, 0.15) is 37.0 Å². The molecule has 524 valence electrons. The standard InChI is InChI=1S/C11H10.C8H10.C7H8.4C4H5N3.C4H8.16C2H6/c1-9-5-4-7-10-6-2-3-8-11(9)10;1-2-8-6-4-3-5-7-8;1-7-5-3-2-4-6-7;1-4-6-2-5-3-7-4;1-4-2-6-7-3-5-4;1-4-2-5-3-6-7-4;1-4-5-2-3-6-7-4;1-4-2-3-4;16*1-2/h2-8H,1H3;3-7H,2H2,1H3;2-6H,1H3;4*2-3H,1H3;4H,2-3H2,1H3;16*1-2H3. The molecule has 4 aromatic heterocycles. The van der Waals surface area contributed by atoms with Gasteiger partial charge in [0.15, 0.2) is 0 Å². The van der Waals surface area contributed by atoms with Crippen LogP contribution in [0.5, 0.6) is 0 Å². The molecule has 0 saturated heterocycles. The van der Waals surface area contributed by atoms with E-state index in [-0.39, 0.29) is 0 Å². The summed E-state index contributed by atoms with van der Waals surface area (Å²) in [6, 6.07) is 35.5. The molecule has 12 heteroatoms. The summed E-state index contributed by atoms with van der Waals surface area (Å²) in [6.07, 6.45) is 16.3. The van der Waals surface area contributed by atoms with Crippen LogP contribution in [0, 0.1) is 47.5 Å². The number of benzene rings is 4. The van der Waals surface area contributed by atoms with E-state index in [4.69, 9.17) is 0 Å². The molecule has 1 aliphatic carbocycles. The molecule has 0 amide bonds. The molecule has 9 rings (SSSR count). The molecule has 0 N–H and O–H groups in total. The Morgan fingerprint density at radius 3 is 0.978 bits per heavy atom. The number of hydrogen-bond acceptors (Lipinski definition) is 12. The Bertz CT molecular complexity index is 1910. The predicted octanol–water partition coefficient (Wildman–Crippen LogP) is 25.9. The second-order valence-electron chi connectivity index (χ2n) is 12.8. The van der Waals surface area contributed by atoms with E-state index in [1.165, 1.54) is 65.6 Å². The Morgan fingerprint density at radius 2 is 0.744 bits per heavy atom. The molecule has 0 unspecified atom stereocenters. The molecule has 90 heavy (non-hydrogen) atoms. The lowest BCUT2D eigenvalue weighted by molar-refractivity contribution is 0.907. The van der Waals surface area contributed by atoms with E-state index >= 15 is 0 Å². The summed E-state index contributed by atoms with van der Waals surface area (Å²) in [7, 11) is 0. The normalized spacial score (nSPS) is 7.69. The van der Waals surface area contributed by atoms with Gasteiger partial charge in [0.05, 0.1) is 30.0 Å². The van der Waals surface area contributed by atoms with Crippen molar-refractivity contribution < 1.29 is 0 Å². The van der Waals surface area contributed by atoms with E-state index in [1.54, 1.807) is 31.7 Å². The first-order valence-corrected chi connectivity index (χ1v) is 35.0. The zero-order valence-electron chi connectivity index (χ0n) is 67.0. The van der Waals surface area contributed by atoms with Gasteiger partial charge in [-0.15, -0.1) is 15.3 Å². The van der Waals surface area contributed by atoms with Crippen LogP contribution in [0.2, 0.25) is 0 Å². The highest BCUT2D eigenvalue weighted by Gasteiger charge is 2.12. The zero-order chi connectivity index (χ0) is 74.1. The van der Waals surface area contributed by atoms with Crippen molar-refractivity contribution in [3.63, 3.8) is 0 Å². The van der Waals surface area contributed by atoms with Gasteiger partial charge in [0.2, 0.25) is 0 Å². The molecule has 1 saturated carbocycles. The first-order chi connectivity index (χ1) is 44.2. The van der Waals surface area contributed by atoms with Crippen LogP contribution >= 0.6 is 0 Å². The fourth-order valence-corrected chi connectivity index (χ4v) is 4.02. The first kappa shape index (κ1) is 121. The van der Waals surface area contributed by atoms with Crippen molar-refractivity contribution in [1.82, 2.24) is 60.5 Å². The molecule has 12 nitrogen and oxygen atoms in total. The van der Waals surface area contributed by atoms with Gasteiger partial charge in [-0.05, 0) is 75.8 Å². The third-order valence-corrected chi connectivity index (χ3v) is 7.50. The maximum absolute atomic E-state index is 3.81. The van der Waals surface area contributed by atoms with Crippen molar-refractivity contribution in [3.8, 4) is 0 Å². The summed E-state index contributed by atoms with van der Waals surface area (Å²) in [4.78, 5) is 22.5. The van der Waals surface area contributed by atoms with Crippen molar-refractivity contribution in [2.75, 3.05) is 0 Å². The van der Waals surface area contributed by atoms with Gasteiger partial charge in [0.25, 0.3) is 0 Å². The number of hydrogen-bond donors (Lipinski definition) is 0. The molecule has 4 heterocycles. The highest BCUT2D eigenvalue weighted by Crippen LogP contribution is 2.26. The van der Waals surface area contributed by atoms with E-state index in [1.807, 2.05) is 267 Å². The lowest BCUT2D eigenvalue weighted by Gasteiger charge is -1.98. The molecule has 8 aromatic rings. The molecule has 0 bridgehead atoms. The molecular formula is C78H152N12. The summed E-state index contributed by atoms with van der Waals surface area (Å²) in [5.74, 6) is 2.55. The first-order valence-electron chi connectivity index (χ1n) is 35.0. The van der Waals surface area contributed by atoms with Crippen LogP contribution in [0.15, 0.2) is 153 Å². The third-order valence-electron chi connectivity index (χ3n) is 7.50. The van der Waals surface area contributed by atoms with Crippen LogP contribution in [0.25, 0.3) is 10.8 Å². The molecule has 1 aliphatic rings. The van der Waals surface area contributed by atoms with Crippen LogP contribution in [-0.2, 0) is 6.42 Å². The number of rotatable bonds is 1. The van der Waals surface area contributed by atoms with Crippen LogP contribution < -0.4 is 0 Å². The maximum Gasteiger partial charge on any atom is 0.147 e. The molecule has 0 aliphatic heterocycles. The number of fused-ring (bicyclic) bond motifs is 1.